The first-order valence-electron chi connectivity index (χ1n) is 5.01. The van der Waals surface area contributed by atoms with Gasteiger partial charge < -0.3 is 5.11 Å². The monoisotopic (exact) mass is 269 g/mol. The van der Waals surface area contributed by atoms with Crippen LogP contribution in [0.5, 0.6) is 0 Å². The van der Waals surface area contributed by atoms with E-state index in [4.69, 9.17) is 5.11 Å². The summed E-state index contributed by atoms with van der Waals surface area (Å²) in [5.41, 5.74) is 0.242. The predicted molar refractivity (Wildman–Crippen MR) is 62.9 cm³/mol. The summed E-state index contributed by atoms with van der Waals surface area (Å²) in [5, 5.41) is 7.17. The average Bonchev–Trinajstić information content (AvgIpc) is 2.55. The van der Waals surface area contributed by atoms with Gasteiger partial charge in [-0.3, -0.25) is 14.4 Å². The molecule has 0 aliphatic carbocycles. The van der Waals surface area contributed by atoms with Crippen LogP contribution in [0.1, 0.15) is 6.42 Å². The molecule has 0 radical (unpaired) electrons. The van der Waals surface area contributed by atoms with E-state index in [-0.39, 0.29) is 5.69 Å². The van der Waals surface area contributed by atoms with Crippen molar-refractivity contribution in [1.82, 2.24) is 0 Å². The average molecular weight is 269 g/mol. The molecular formula is C11H8FNO4S. The number of benzene rings is 1. The molecule has 0 saturated carbocycles. The molecule has 2 rings (SSSR count). The number of halogens is 1. The lowest BCUT2D eigenvalue weighted by Gasteiger charge is -2.13. The van der Waals surface area contributed by atoms with Gasteiger partial charge in [0.05, 0.1) is 12.1 Å². The van der Waals surface area contributed by atoms with E-state index in [1.807, 2.05) is 0 Å². The van der Waals surface area contributed by atoms with Crippen LogP contribution in [-0.4, -0.2) is 27.5 Å². The van der Waals surface area contributed by atoms with Crippen LogP contribution in [-0.2, 0) is 9.59 Å². The molecule has 1 heterocycles. The second-order valence-electron chi connectivity index (χ2n) is 3.62. The lowest BCUT2D eigenvalue weighted by atomic mass is 10.2. The summed E-state index contributed by atoms with van der Waals surface area (Å²) in [4.78, 5) is 34.9. The number of imide groups is 1. The second-order valence-corrected chi connectivity index (χ2v) is 4.77. The van der Waals surface area contributed by atoms with E-state index in [9.17, 15) is 18.8 Å². The molecular weight excluding hydrogens is 261 g/mol. The number of carbonyl (C=O) groups excluding carboxylic acids is 2. The number of carboxylic acids is 1. The Hall–Kier alpha value is -1.89. The molecule has 0 unspecified atom stereocenters. The van der Waals surface area contributed by atoms with Gasteiger partial charge in [0.1, 0.15) is 11.1 Å². The third-order valence-corrected chi connectivity index (χ3v) is 3.40. The van der Waals surface area contributed by atoms with Crippen LogP contribution in [0.4, 0.5) is 14.9 Å². The lowest BCUT2D eigenvalue weighted by molar-refractivity contribution is -0.138. The Morgan fingerprint density at radius 3 is 2.50 bits per heavy atom. The Kier molecular flexibility index (Phi) is 3.33. The minimum Gasteiger partial charge on any atom is -0.481 e. The molecule has 1 aliphatic rings. The Labute approximate surface area is 106 Å². The minimum atomic E-state index is -1.14. The molecule has 7 heteroatoms. The van der Waals surface area contributed by atoms with Crippen molar-refractivity contribution < 1.29 is 23.9 Å². The van der Waals surface area contributed by atoms with Crippen LogP contribution >= 0.6 is 11.8 Å². The molecule has 0 bridgehead atoms. The van der Waals surface area contributed by atoms with Crippen molar-refractivity contribution in [3.63, 3.8) is 0 Å². The number of nitrogens with zero attached hydrogens (tertiary/aromatic N) is 1. The summed E-state index contributed by atoms with van der Waals surface area (Å²) in [6.45, 7) is 0. The summed E-state index contributed by atoms with van der Waals surface area (Å²) in [6, 6.07) is 4.86. The van der Waals surface area contributed by atoms with Crippen molar-refractivity contribution in [3.8, 4) is 0 Å². The molecule has 1 fully saturated rings. The van der Waals surface area contributed by atoms with Gasteiger partial charge in [-0.1, -0.05) is 0 Å². The fraction of sp³-hybridized carbons (Fsp3) is 0.182. The summed E-state index contributed by atoms with van der Waals surface area (Å²) >= 11 is 0.672. The summed E-state index contributed by atoms with van der Waals surface area (Å²) in [5.74, 6) is -2.21. The standard InChI is InChI=1S/C11H8FNO4S/c12-6-1-3-7(4-2-6)13-10(16)8(5-9(14)15)18-11(13)17/h1-4,8H,5H2,(H,14,15)/t8-/m0/s1. The molecule has 5 nitrogen and oxygen atoms in total. The van der Waals surface area contributed by atoms with E-state index in [2.05, 4.69) is 0 Å². The first-order valence-corrected chi connectivity index (χ1v) is 5.89. The van der Waals surface area contributed by atoms with Crippen LogP contribution in [0.3, 0.4) is 0 Å². The van der Waals surface area contributed by atoms with E-state index in [1.165, 1.54) is 12.1 Å². The number of hydrogen-bond donors (Lipinski definition) is 1. The van der Waals surface area contributed by atoms with Gasteiger partial charge >= 0.3 is 5.97 Å². The van der Waals surface area contributed by atoms with E-state index >= 15 is 0 Å². The number of carbonyl (C=O) groups is 3. The minimum absolute atomic E-state index is 0.242. The number of anilines is 1. The molecule has 0 spiro atoms. The quantitative estimate of drug-likeness (QED) is 0.906. The van der Waals surface area contributed by atoms with Crippen molar-refractivity contribution >= 4 is 34.6 Å². The van der Waals surface area contributed by atoms with Crippen molar-refractivity contribution in [1.29, 1.82) is 0 Å². The molecule has 1 aromatic carbocycles. The molecule has 1 atom stereocenters. The number of rotatable bonds is 3. The molecule has 18 heavy (non-hydrogen) atoms. The largest absolute Gasteiger partial charge is 0.481 e. The van der Waals surface area contributed by atoms with Crippen molar-refractivity contribution in [2.24, 2.45) is 0 Å². The van der Waals surface area contributed by atoms with E-state index in [1.54, 1.807) is 0 Å². The number of carboxylic acid groups (broad SMARTS) is 1. The number of aliphatic carboxylic acids is 1. The smallest absolute Gasteiger partial charge is 0.305 e. The van der Waals surface area contributed by atoms with Crippen LogP contribution < -0.4 is 4.90 Å². The second kappa shape index (κ2) is 4.77. The molecule has 2 amide bonds. The third-order valence-electron chi connectivity index (χ3n) is 2.37. The Morgan fingerprint density at radius 2 is 1.94 bits per heavy atom. The third kappa shape index (κ3) is 2.35. The van der Waals surface area contributed by atoms with E-state index in [0.29, 0.717) is 11.8 Å². The van der Waals surface area contributed by atoms with Crippen molar-refractivity contribution in [2.75, 3.05) is 4.90 Å². The normalized spacial score (nSPS) is 19.4. The van der Waals surface area contributed by atoms with Gasteiger partial charge in [0.2, 0.25) is 5.91 Å². The number of hydrogen-bond acceptors (Lipinski definition) is 4. The zero-order chi connectivity index (χ0) is 13.3. The SMILES string of the molecule is O=C(O)C[C@@H]1SC(=O)N(c2ccc(F)cc2)C1=O. The molecule has 1 saturated heterocycles. The molecule has 1 N–H and O–H groups in total. The number of amides is 2. The maximum Gasteiger partial charge on any atom is 0.305 e. The molecule has 0 aromatic heterocycles. The fourth-order valence-corrected chi connectivity index (χ4v) is 2.55. The van der Waals surface area contributed by atoms with Crippen LogP contribution in [0.25, 0.3) is 0 Å². The van der Waals surface area contributed by atoms with Crippen molar-refractivity contribution in [2.45, 2.75) is 11.7 Å². The van der Waals surface area contributed by atoms with E-state index in [0.717, 1.165) is 17.0 Å². The summed E-state index contributed by atoms with van der Waals surface area (Å²) < 4.78 is 12.7. The van der Waals surface area contributed by atoms with E-state index < -0.39 is 34.6 Å². The van der Waals surface area contributed by atoms with Crippen LogP contribution in [0.15, 0.2) is 24.3 Å². The summed E-state index contributed by atoms with van der Waals surface area (Å²) in [7, 11) is 0. The molecule has 1 aromatic rings. The van der Waals surface area contributed by atoms with Gasteiger partial charge in [0.25, 0.3) is 5.24 Å². The maximum atomic E-state index is 12.7. The zero-order valence-electron chi connectivity index (χ0n) is 9.00. The van der Waals surface area contributed by atoms with Crippen LogP contribution in [0, 0.1) is 5.82 Å². The Balaban J connectivity index is 2.24. The summed E-state index contributed by atoms with van der Waals surface area (Å²) in [6.07, 6.45) is -0.410. The highest BCUT2D eigenvalue weighted by atomic mass is 32.2. The molecule has 1 aliphatic heterocycles. The number of thioether (sulfide) groups is 1. The first-order chi connectivity index (χ1) is 8.49. The first kappa shape index (κ1) is 12.6. The van der Waals surface area contributed by atoms with Crippen LogP contribution in [0.2, 0.25) is 0 Å². The topological polar surface area (TPSA) is 74.7 Å². The maximum absolute atomic E-state index is 12.7. The van der Waals surface area contributed by atoms with Crippen molar-refractivity contribution in [3.05, 3.63) is 30.1 Å². The Morgan fingerprint density at radius 1 is 1.33 bits per heavy atom. The Bertz CT molecular complexity index is 516. The van der Waals surface area contributed by atoms with Gasteiger partial charge in [-0.15, -0.1) is 0 Å². The highest BCUT2D eigenvalue weighted by Crippen LogP contribution is 2.33. The van der Waals surface area contributed by atoms with Gasteiger partial charge in [-0.25, -0.2) is 9.29 Å². The van der Waals surface area contributed by atoms with Gasteiger partial charge in [-0.05, 0) is 36.0 Å². The fourth-order valence-electron chi connectivity index (χ4n) is 1.57. The highest BCUT2D eigenvalue weighted by molar-refractivity contribution is 8.15. The lowest BCUT2D eigenvalue weighted by Crippen LogP contribution is -2.32. The predicted octanol–water partition coefficient (Wildman–Crippen LogP) is 1.87. The van der Waals surface area contributed by atoms with Gasteiger partial charge in [0.15, 0.2) is 0 Å². The highest BCUT2D eigenvalue weighted by Gasteiger charge is 2.41. The molecule has 94 valence electrons. The van der Waals surface area contributed by atoms with Gasteiger partial charge in [-0.2, -0.15) is 0 Å². The zero-order valence-corrected chi connectivity index (χ0v) is 9.82. The van der Waals surface area contributed by atoms with Gasteiger partial charge in [0, 0.05) is 0 Å².